The first-order chi connectivity index (χ1) is 13.1. The summed E-state index contributed by atoms with van der Waals surface area (Å²) in [6.07, 6.45) is 1.05. The van der Waals surface area contributed by atoms with Gasteiger partial charge in [0, 0.05) is 11.6 Å². The van der Waals surface area contributed by atoms with Crippen molar-refractivity contribution in [3.05, 3.63) is 54.0 Å². The molecule has 0 fully saturated rings. The summed E-state index contributed by atoms with van der Waals surface area (Å²) >= 11 is 1.31. The van der Waals surface area contributed by atoms with Crippen LogP contribution < -0.4 is 15.0 Å². The molecule has 2 amide bonds. The molecule has 1 aliphatic heterocycles. The van der Waals surface area contributed by atoms with Crippen LogP contribution in [0, 0.1) is 0 Å². The zero-order chi connectivity index (χ0) is 18.8. The van der Waals surface area contributed by atoms with E-state index in [0.29, 0.717) is 22.3 Å². The number of anilines is 2. The first-order valence-corrected chi connectivity index (χ1v) is 9.23. The van der Waals surface area contributed by atoms with Crippen molar-refractivity contribution in [1.82, 2.24) is 9.97 Å². The molecule has 0 aliphatic carbocycles. The zero-order valence-electron chi connectivity index (χ0n) is 14.5. The summed E-state index contributed by atoms with van der Waals surface area (Å²) in [7, 11) is 0. The number of nitrogens with zero attached hydrogens (tertiary/aromatic N) is 3. The Labute approximate surface area is 159 Å². The van der Waals surface area contributed by atoms with Crippen molar-refractivity contribution in [2.75, 3.05) is 16.8 Å². The van der Waals surface area contributed by atoms with E-state index in [0.717, 1.165) is 5.69 Å². The summed E-state index contributed by atoms with van der Waals surface area (Å²) < 4.78 is 5.59. The Bertz CT molecular complexity index is 989. The Balaban J connectivity index is 1.48. The number of benzene rings is 1. The van der Waals surface area contributed by atoms with Crippen LogP contribution in [0.3, 0.4) is 0 Å². The number of thiazole rings is 1. The standard InChI is InChI=1S/C19H16N4O3S/c1-12-18(25)23(15-7-2-3-8-16(15)26-12)10-17(24)22-19-21-14(11-27-19)13-6-4-5-9-20-13/h2-9,11-12H,10H2,1H3,(H,21,22,24)/t12-/m0/s1. The van der Waals surface area contributed by atoms with E-state index in [1.165, 1.54) is 16.2 Å². The van der Waals surface area contributed by atoms with Gasteiger partial charge in [0.15, 0.2) is 11.2 Å². The molecule has 0 unspecified atom stereocenters. The fourth-order valence-corrected chi connectivity index (χ4v) is 3.51. The molecule has 0 radical (unpaired) electrons. The average molecular weight is 380 g/mol. The van der Waals surface area contributed by atoms with Crippen LogP contribution >= 0.6 is 11.3 Å². The van der Waals surface area contributed by atoms with Crippen LogP contribution in [-0.2, 0) is 9.59 Å². The smallest absolute Gasteiger partial charge is 0.268 e. The van der Waals surface area contributed by atoms with Crippen molar-refractivity contribution in [2.45, 2.75) is 13.0 Å². The Hall–Kier alpha value is -3.26. The van der Waals surface area contributed by atoms with Crippen LogP contribution in [0.2, 0.25) is 0 Å². The SMILES string of the molecule is C[C@@H]1Oc2ccccc2N(CC(=O)Nc2nc(-c3ccccn3)cs2)C1=O. The number of fused-ring (bicyclic) bond motifs is 1. The molecule has 136 valence electrons. The first-order valence-electron chi connectivity index (χ1n) is 8.35. The van der Waals surface area contributed by atoms with E-state index in [1.807, 2.05) is 29.6 Å². The van der Waals surface area contributed by atoms with Gasteiger partial charge < -0.3 is 10.1 Å². The molecule has 0 bridgehead atoms. The molecule has 7 nitrogen and oxygen atoms in total. The van der Waals surface area contributed by atoms with Gasteiger partial charge in [-0.15, -0.1) is 11.3 Å². The largest absolute Gasteiger partial charge is 0.479 e. The highest BCUT2D eigenvalue weighted by molar-refractivity contribution is 7.14. The van der Waals surface area contributed by atoms with Crippen molar-refractivity contribution in [2.24, 2.45) is 0 Å². The predicted molar refractivity (Wildman–Crippen MR) is 103 cm³/mol. The lowest BCUT2D eigenvalue weighted by Gasteiger charge is -2.32. The van der Waals surface area contributed by atoms with E-state index in [4.69, 9.17) is 4.74 Å². The number of hydrogen-bond acceptors (Lipinski definition) is 6. The van der Waals surface area contributed by atoms with Gasteiger partial charge in [0.25, 0.3) is 5.91 Å². The minimum absolute atomic E-state index is 0.109. The normalized spacial score (nSPS) is 15.8. The van der Waals surface area contributed by atoms with E-state index in [9.17, 15) is 9.59 Å². The number of aromatic nitrogens is 2. The molecule has 8 heteroatoms. The summed E-state index contributed by atoms with van der Waals surface area (Å²) in [6, 6.07) is 12.7. The molecule has 0 spiro atoms. The molecular weight excluding hydrogens is 364 g/mol. The number of para-hydroxylation sites is 2. The molecule has 1 atom stereocenters. The summed E-state index contributed by atoms with van der Waals surface area (Å²) in [4.78, 5) is 35.0. The topological polar surface area (TPSA) is 84.4 Å². The fourth-order valence-electron chi connectivity index (χ4n) is 2.79. The number of ether oxygens (including phenoxy) is 1. The molecule has 3 heterocycles. The third-order valence-corrected chi connectivity index (χ3v) is 4.81. The predicted octanol–water partition coefficient (Wildman–Crippen LogP) is 2.96. The summed E-state index contributed by atoms with van der Waals surface area (Å²) in [6.45, 7) is 1.56. The van der Waals surface area contributed by atoms with Gasteiger partial charge in [-0.05, 0) is 31.2 Å². The van der Waals surface area contributed by atoms with Crippen molar-refractivity contribution < 1.29 is 14.3 Å². The van der Waals surface area contributed by atoms with Crippen molar-refractivity contribution >= 4 is 34.0 Å². The van der Waals surface area contributed by atoms with Gasteiger partial charge in [-0.25, -0.2) is 4.98 Å². The maximum atomic E-state index is 12.5. The molecule has 4 rings (SSSR count). The van der Waals surface area contributed by atoms with Crippen LogP contribution in [0.5, 0.6) is 5.75 Å². The van der Waals surface area contributed by atoms with Gasteiger partial charge in [-0.2, -0.15) is 0 Å². The van der Waals surface area contributed by atoms with Gasteiger partial charge in [-0.3, -0.25) is 19.5 Å². The number of amides is 2. The fraction of sp³-hybridized carbons (Fsp3) is 0.158. The Morgan fingerprint density at radius 2 is 2.04 bits per heavy atom. The average Bonchev–Trinajstić information content (AvgIpc) is 3.14. The lowest BCUT2D eigenvalue weighted by Crippen LogP contribution is -2.47. The van der Waals surface area contributed by atoms with Gasteiger partial charge in [0.1, 0.15) is 18.0 Å². The lowest BCUT2D eigenvalue weighted by molar-refractivity contribution is -0.127. The summed E-state index contributed by atoms with van der Waals surface area (Å²) in [5.74, 6) is 0.00965. The molecule has 27 heavy (non-hydrogen) atoms. The molecule has 1 N–H and O–H groups in total. The van der Waals surface area contributed by atoms with Gasteiger partial charge >= 0.3 is 0 Å². The maximum Gasteiger partial charge on any atom is 0.268 e. The number of pyridine rings is 1. The molecule has 3 aromatic rings. The van der Waals surface area contributed by atoms with Crippen molar-refractivity contribution in [3.8, 4) is 17.1 Å². The molecule has 1 aromatic carbocycles. The van der Waals surface area contributed by atoms with Crippen LogP contribution in [0.25, 0.3) is 11.4 Å². The van der Waals surface area contributed by atoms with Crippen molar-refractivity contribution in [3.63, 3.8) is 0 Å². The second-order valence-electron chi connectivity index (χ2n) is 5.95. The Morgan fingerprint density at radius 3 is 2.85 bits per heavy atom. The zero-order valence-corrected chi connectivity index (χ0v) is 15.3. The van der Waals surface area contributed by atoms with Gasteiger partial charge in [0.05, 0.1) is 11.4 Å². The molecule has 0 saturated carbocycles. The van der Waals surface area contributed by atoms with Gasteiger partial charge in [0.2, 0.25) is 5.91 Å². The third-order valence-electron chi connectivity index (χ3n) is 4.05. The lowest BCUT2D eigenvalue weighted by atomic mass is 10.2. The summed E-state index contributed by atoms with van der Waals surface area (Å²) in [5, 5.41) is 5.04. The molecule has 1 aliphatic rings. The second-order valence-corrected chi connectivity index (χ2v) is 6.81. The van der Waals surface area contributed by atoms with E-state index in [-0.39, 0.29) is 18.4 Å². The number of hydrogen-bond donors (Lipinski definition) is 1. The van der Waals surface area contributed by atoms with Gasteiger partial charge in [-0.1, -0.05) is 18.2 Å². The molecular formula is C19H16N4O3S. The first kappa shape index (κ1) is 17.2. The number of carbonyl (C=O) groups excluding carboxylic acids is 2. The number of carbonyl (C=O) groups is 2. The second kappa shape index (κ2) is 7.16. The van der Waals surface area contributed by atoms with Crippen LogP contribution in [0.4, 0.5) is 10.8 Å². The van der Waals surface area contributed by atoms with Crippen LogP contribution in [-0.4, -0.2) is 34.4 Å². The molecule has 2 aromatic heterocycles. The highest BCUT2D eigenvalue weighted by Gasteiger charge is 2.32. The minimum atomic E-state index is -0.636. The third kappa shape index (κ3) is 3.52. The van der Waals surface area contributed by atoms with Crippen molar-refractivity contribution in [1.29, 1.82) is 0 Å². The van der Waals surface area contributed by atoms with E-state index in [2.05, 4.69) is 15.3 Å². The van der Waals surface area contributed by atoms with E-state index < -0.39 is 6.10 Å². The van der Waals surface area contributed by atoms with Crippen LogP contribution in [0.1, 0.15) is 6.92 Å². The number of nitrogens with one attached hydrogen (secondary N) is 1. The van der Waals surface area contributed by atoms with Crippen LogP contribution in [0.15, 0.2) is 54.0 Å². The quantitative estimate of drug-likeness (QED) is 0.752. The monoisotopic (exact) mass is 380 g/mol. The highest BCUT2D eigenvalue weighted by atomic mass is 32.1. The highest BCUT2D eigenvalue weighted by Crippen LogP contribution is 2.33. The number of rotatable bonds is 4. The van der Waals surface area contributed by atoms with E-state index >= 15 is 0 Å². The Kier molecular flexibility index (Phi) is 4.55. The van der Waals surface area contributed by atoms with E-state index in [1.54, 1.807) is 31.3 Å². The maximum absolute atomic E-state index is 12.5. The minimum Gasteiger partial charge on any atom is -0.479 e. The Morgan fingerprint density at radius 1 is 1.22 bits per heavy atom. The molecule has 0 saturated heterocycles. The summed E-state index contributed by atoms with van der Waals surface area (Å²) in [5.41, 5.74) is 2.02.